The van der Waals surface area contributed by atoms with Gasteiger partial charge in [-0.05, 0) is 15.9 Å². The lowest BCUT2D eigenvalue weighted by molar-refractivity contribution is -0.276. The maximum atomic E-state index is 12.6. The molecule has 1 rings (SSSR count). The highest BCUT2D eigenvalue weighted by molar-refractivity contribution is 9.10. The van der Waals surface area contributed by atoms with Crippen LogP contribution in [0.5, 0.6) is 5.75 Å². The predicted molar refractivity (Wildman–Crippen MR) is 48.4 cm³/mol. The normalized spacial score (nSPS) is 12.7. The number of pyridine rings is 1. The van der Waals surface area contributed by atoms with E-state index in [-0.39, 0.29) is 0 Å². The molecule has 0 saturated heterocycles. The van der Waals surface area contributed by atoms with Crippen LogP contribution in [0.15, 0.2) is 10.8 Å². The van der Waals surface area contributed by atoms with Gasteiger partial charge in [-0.25, -0.2) is 9.37 Å². The molecule has 18 heavy (non-hydrogen) atoms. The van der Waals surface area contributed by atoms with Crippen LogP contribution in [0, 0.1) is 0 Å². The number of aromatic nitrogens is 1. The molecule has 1 aromatic heterocycles. The maximum Gasteiger partial charge on any atom is 0.573 e. The van der Waals surface area contributed by atoms with Crippen molar-refractivity contribution in [1.29, 1.82) is 0 Å². The van der Waals surface area contributed by atoms with Crippen LogP contribution in [0.25, 0.3) is 0 Å². The minimum atomic E-state index is -5.37. The Morgan fingerprint density at radius 1 is 1.17 bits per heavy atom. The minimum absolute atomic E-state index is 0.528. The Kier molecular flexibility index (Phi) is 4.08. The third-order valence-electron chi connectivity index (χ3n) is 1.70. The van der Waals surface area contributed by atoms with Crippen LogP contribution in [-0.2, 0) is 12.9 Å². The zero-order chi connectivity index (χ0) is 14.1. The van der Waals surface area contributed by atoms with Crippen LogP contribution < -0.4 is 4.74 Å². The summed E-state index contributed by atoms with van der Waals surface area (Å²) >= 11 is 2.35. The minimum Gasteiger partial charge on any atom is -0.405 e. The third kappa shape index (κ3) is 3.47. The quantitative estimate of drug-likeness (QED) is 0.593. The van der Waals surface area contributed by atoms with E-state index in [9.17, 15) is 30.7 Å². The fourth-order valence-electron chi connectivity index (χ4n) is 1.09. The molecular formula is C8H3BrF7NO. The van der Waals surface area contributed by atoms with Crippen LogP contribution in [0.3, 0.4) is 0 Å². The summed E-state index contributed by atoms with van der Waals surface area (Å²) < 4.78 is 88.4. The molecule has 2 nitrogen and oxygen atoms in total. The number of alkyl halides is 7. The van der Waals surface area contributed by atoms with Crippen molar-refractivity contribution in [3.05, 3.63) is 21.9 Å². The highest BCUT2D eigenvalue weighted by atomic mass is 79.9. The Morgan fingerprint density at radius 2 is 1.72 bits per heavy atom. The zero-order valence-electron chi connectivity index (χ0n) is 8.16. The van der Waals surface area contributed by atoms with Crippen molar-refractivity contribution in [3.8, 4) is 5.75 Å². The van der Waals surface area contributed by atoms with Crippen LogP contribution in [0.4, 0.5) is 30.7 Å². The Bertz CT molecular complexity index is 442. The summed E-state index contributed by atoms with van der Waals surface area (Å²) in [5, 5.41) is 0. The average molecular weight is 342 g/mol. The summed E-state index contributed by atoms with van der Waals surface area (Å²) in [5.74, 6) is -1.64. The number of nitrogens with zero attached hydrogens (tertiary/aromatic N) is 1. The van der Waals surface area contributed by atoms with Gasteiger partial charge >= 0.3 is 12.5 Å². The Morgan fingerprint density at radius 3 is 2.11 bits per heavy atom. The van der Waals surface area contributed by atoms with Crippen LogP contribution >= 0.6 is 15.9 Å². The highest BCUT2D eigenvalue weighted by Crippen LogP contribution is 2.43. The molecular weight excluding hydrogens is 339 g/mol. The first kappa shape index (κ1) is 15.0. The monoisotopic (exact) mass is 341 g/mol. The second-order valence-electron chi connectivity index (χ2n) is 2.96. The molecule has 1 aromatic rings. The second-order valence-corrected chi connectivity index (χ2v) is 3.71. The first-order chi connectivity index (χ1) is 8.06. The number of ether oxygens (including phenoxy) is 1. The number of halogens is 8. The molecule has 0 radical (unpaired) electrons. The molecule has 10 heteroatoms. The molecule has 1 heterocycles. The van der Waals surface area contributed by atoms with Crippen molar-refractivity contribution < 1.29 is 35.5 Å². The summed E-state index contributed by atoms with van der Waals surface area (Å²) in [6, 6.07) is 0. The van der Waals surface area contributed by atoms with E-state index in [0.717, 1.165) is 0 Å². The van der Waals surface area contributed by atoms with Gasteiger partial charge in [0.25, 0.3) is 0 Å². The van der Waals surface area contributed by atoms with E-state index < -0.39 is 40.7 Å². The maximum absolute atomic E-state index is 12.6. The summed E-state index contributed by atoms with van der Waals surface area (Å²) in [6.45, 7) is -1.57. The summed E-state index contributed by atoms with van der Waals surface area (Å²) in [7, 11) is 0. The molecule has 0 N–H and O–H groups in total. The molecule has 0 saturated carbocycles. The Hall–Kier alpha value is -1.06. The molecule has 0 aliphatic rings. The van der Waals surface area contributed by atoms with Crippen LogP contribution in [0.1, 0.15) is 11.1 Å². The molecule has 0 bridgehead atoms. The summed E-state index contributed by atoms with van der Waals surface area (Å²) in [4.78, 5) is 3.12. The highest BCUT2D eigenvalue weighted by Gasteiger charge is 2.43. The van der Waals surface area contributed by atoms with Crippen molar-refractivity contribution in [2.45, 2.75) is 19.2 Å². The predicted octanol–water partition coefficient (Wildman–Crippen LogP) is 4.23. The molecule has 0 atom stereocenters. The standard InChI is InChI=1S/C8H3BrF7NO/c9-6-4(7(11,12)13)5(18-8(14,15)16)3(1-10)2-17-6/h2H,1H2. The van der Waals surface area contributed by atoms with Gasteiger partial charge in [0.05, 0.1) is 0 Å². The number of hydrogen-bond donors (Lipinski definition) is 0. The Labute approximate surface area is 104 Å². The average Bonchev–Trinajstić information content (AvgIpc) is 2.13. The summed E-state index contributed by atoms with van der Waals surface area (Å²) in [6.07, 6.45) is -10.0. The molecule has 0 aliphatic heterocycles. The topological polar surface area (TPSA) is 22.1 Å². The van der Waals surface area contributed by atoms with Crippen molar-refractivity contribution >= 4 is 15.9 Å². The van der Waals surface area contributed by atoms with E-state index in [1.165, 1.54) is 0 Å². The fourth-order valence-corrected chi connectivity index (χ4v) is 1.59. The number of rotatable bonds is 2. The molecule has 0 aliphatic carbocycles. The van der Waals surface area contributed by atoms with E-state index >= 15 is 0 Å². The fraction of sp³-hybridized carbons (Fsp3) is 0.375. The molecule has 102 valence electrons. The van der Waals surface area contributed by atoms with E-state index in [1.807, 2.05) is 0 Å². The summed E-state index contributed by atoms with van der Waals surface area (Å²) in [5.41, 5.74) is -2.75. The van der Waals surface area contributed by atoms with Crippen molar-refractivity contribution in [2.24, 2.45) is 0 Å². The largest absolute Gasteiger partial charge is 0.573 e. The third-order valence-corrected chi connectivity index (χ3v) is 2.31. The number of hydrogen-bond acceptors (Lipinski definition) is 2. The second kappa shape index (κ2) is 4.90. The van der Waals surface area contributed by atoms with Crippen LogP contribution in [0.2, 0.25) is 0 Å². The van der Waals surface area contributed by atoms with E-state index in [0.29, 0.717) is 6.20 Å². The van der Waals surface area contributed by atoms with Crippen molar-refractivity contribution in [2.75, 3.05) is 0 Å². The first-order valence-corrected chi connectivity index (χ1v) is 4.92. The zero-order valence-corrected chi connectivity index (χ0v) is 9.75. The lowest BCUT2D eigenvalue weighted by Gasteiger charge is -2.18. The van der Waals surface area contributed by atoms with Crippen molar-refractivity contribution in [1.82, 2.24) is 4.98 Å². The van der Waals surface area contributed by atoms with Gasteiger partial charge < -0.3 is 4.74 Å². The molecule has 0 fully saturated rings. The van der Waals surface area contributed by atoms with Gasteiger partial charge in [0.2, 0.25) is 0 Å². The lowest BCUT2D eigenvalue weighted by atomic mass is 10.2. The first-order valence-electron chi connectivity index (χ1n) is 4.12. The van der Waals surface area contributed by atoms with E-state index in [2.05, 4.69) is 25.7 Å². The lowest BCUT2D eigenvalue weighted by Crippen LogP contribution is -2.22. The molecule has 0 unspecified atom stereocenters. The van der Waals surface area contributed by atoms with Gasteiger partial charge in [-0.15, -0.1) is 13.2 Å². The van der Waals surface area contributed by atoms with Gasteiger partial charge in [-0.3, -0.25) is 0 Å². The van der Waals surface area contributed by atoms with Crippen LogP contribution in [-0.4, -0.2) is 11.3 Å². The smallest absolute Gasteiger partial charge is 0.405 e. The molecule has 0 aromatic carbocycles. The van der Waals surface area contributed by atoms with E-state index in [4.69, 9.17) is 0 Å². The molecule has 0 spiro atoms. The van der Waals surface area contributed by atoms with Crippen molar-refractivity contribution in [3.63, 3.8) is 0 Å². The van der Waals surface area contributed by atoms with Gasteiger partial charge in [0.1, 0.15) is 16.8 Å². The van der Waals surface area contributed by atoms with Gasteiger partial charge in [0.15, 0.2) is 5.75 Å². The van der Waals surface area contributed by atoms with E-state index in [1.54, 1.807) is 0 Å². The molecule has 0 amide bonds. The van der Waals surface area contributed by atoms with Gasteiger partial charge in [0, 0.05) is 11.8 Å². The van der Waals surface area contributed by atoms with Gasteiger partial charge in [-0.2, -0.15) is 13.2 Å². The Balaban J connectivity index is 3.47. The SMILES string of the molecule is FCc1cnc(Br)c(C(F)(F)F)c1OC(F)(F)F. The van der Waals surface area contributed by atoms with Gasteiger partial charge in [-0.1, -0.05) is 0 Å².